The molecular weight excluding hydrogens is 424 g/mol. The van der Waals surface area contributed by atoms with Gasteiger partial charge in [0.15, 0.2) is 0 Å². The highest BCUT2D eigenvalue weighted by molar-refractivity contribution is 5.01. The molecule has 0 amide bonds. The number of alkyl halides is 14. The van der Waals surface area contributed by atoms with Crippen LogP contribution in [-0.2, 0) is 0 Å². The molecule has 0 N–H and O–H groups in total. The molecule has 0 aliphatic rings. The van der Waals surface area contributed by atoms with Gasteiger partial charge >= 0.3 is 24.7 Å². The molecule has 0 aromatic carbocycles. The minimum absolute atomic E-state index is 1.05. The van der Waals surface area contributed by atoms with E-state index in [4.69, 9.17) is 5.26 Å². The summed E-state index contributed by atoms with van der Waals surface area (Å²) in [7, 11) is 0. The van der Waals surface area contributed by atoms with E-state index in [1.807, 2.05) is 0 Å². The first-order valence-corrected chi connectivity index (χ1v) is 6.65. The quantitative estimate of drug-likeness (QED) is 0.448. The molecule has 0 saturated heterocycles. The van der Waals surface area contributed by atoms with Crippen molar-refractivity contribution in [3.63, 3.8) is 0 Å². The summed E-state index contributed by atoms with van der Waals surface area (Å²) in [5.74, 6) is -3.06. The summed E-state index contributed by atoms with van der Waals surface area (Å²) in [6.07, 6.45) is -35.6. The first-order valence-electron chi connectivity index (χ1n) is 6.65. The molecule has 1 nitrogen and oxygen atoms in total. The summed E-state index contributed by atoms with van der Waals surface area (Å²) in [4.78, 5) is 0. The highest BCUT2D eigenvalue weighted by Crippen LogP contribution is 2.54. The van der Waals surface area contributed by atoms with Gasteiger partial charge in [-0.25, -0.2) is 8.78 Å². The molecule has 0 fully saturated rings. The Bertz CT molecular complexity index is 463. The third-order valence-electron chi connectivity index (χ3n) is 3.60. The number of nitriles is 1. The van der Waals surface area contributed by atoms with Crippen molar-refractivity contribution >= 4 is 0 Å². The first-order chi connectivity index (χ1) is 11.6. The molecule has 0 heterocycles. The maximum atomic E-state index is 13.6. The van der Waals surface area contributed by atoms with Crippen LogP contribution >= 0.6 is 0 Å². The average molecular weight is 433 g/mol. The van der Waals surface area contributed by atoms with E-state index < -0.39 is 67.6 Å². The Morgan fingerprint density at radius 3 is 1.00 bits per heavy atom. The maximum Gasteiger partial charge on any atom is 0.431 e. The number of halogens is 14. The molecule has 15 heteroatoms. The normalized spacial score (nSPS) is 15.2. The van der Waals surface area contributed by atoms with Crippen LogP contribution in [0.4, 0.5) is 61.5 Å². The van der Waals surface area contributed by atoms with E-state index in [0.29, 0.717) is 0 Å². The van der Waals surface area contributed by atoms with Gasteiger partial charge in [0.05, 0.1) is 6.07 Å². The number of nitrogens with zero attached hydrogens (tertiary/aromatic N) is 1. The van der Waals surface area contributed by atoms with Crippen molar-refractivity contribution in [3.8, 4) is 6.07 Å². The zero-order chi connectivity index (χ0) is 22.1. The number of rotatable bonds is 6. The van der Waals surface area contributed by atoms with E-state index in [2.05, 4.69) is 0 Å². The van der Waals surface area contributed by atoms with Crippen molar-refractivity contribution in [3.05, 3.63) is 0 Å². The van der Waals surface area contributed by atoms with Crippen molar-refractivity contribution < 1.29 is 61.5 Å². The molecule has 0 bridgehead atoms. The minimum atomic E-state index is -6.76. The Hall–Kier alpha value is -1.49. The van der Waals surface area contributed by atoms with Crippen LogP contribution in [0.1, 0.15) is 25.7 Å². The Labute approximate surface area is 141 Å². The van der Waals surface area contributed by atoms with E-state index in [-0.39, 0.29) is 0 Å². The fourth-order valence-corrected chi connectivity index (χ4v) is 2.12. The standard InChI is InChI=1S/C12H9F14N/c13-7(9(15,16)17,10(18,19)20)4-6(2-1-3-27)5-8(14,11(21,22)23)12(24,25)26/h6H,1-2,4-5H2. The second kappa shape index (κ2) is 7.50. The van der Waals surface area contributed by atoms with Gasteiger partial charge in [0.2, 0.25) is 0 Å². The highest BCUT2D eigenvalue weighted by atomic mass is 19.4. The molecule has 0 aliphatic carbocycles. The van der Waals surface area contributed by atoms with Crippen LogP contribution in [0, 0.1) is 17.2 Å². The minimum Gasteiger partial charge on any atom is -0.224 e. The fraction of sp³-hybridized carbons (Fsp3) is 0.917. The van der Waals surface area contributed by atoms with E-state index in [9.17, 15) is 61.5 Å². The Balaban J connectivity index is 6.12. The largest absolute Gasteiger partial charge is 0.431 e. The van der Waals surface area contributed by atoms with E-state index in [1.165, 1.54) is 0 Å². The average Bonchev–Trinajstić information content (AvgIpc) is 2.39. The van der Waals surface area contributed by atoms with Crippen LogP contribution < -0.4 is 0 Å². The zero-order valence-electron chi connectivity index (χ0n) is 12.6. The van der Waals surface area contributed by atoms with E-state index >= 15 is 0 Å². The van der Waals surface area contributed by atoms with Crippen LogP contribution in [0.25, 0.3) is 0 Å². The third-order valence-corrected chi connectivity index (χ3v) is 3.60. The van der Waals surface area contributed by atoms with Gasteiger partial charge in [-0.3, -0.25) is 0 Å². The predicted octanol–water partition coefficient (Wildman–Crippen LogP) is 6.35. The van der Waals surface area contributed by atoms with Crippen molar-refractivity contribution in [1.29, 1.82) is 5.26 Å². The molecule has 0 aliphatic heterocycles. The number of hydrogen-bond donors (Lipinski definition) is 0. The fourth-order valence-electron chi connectivity index (χ4n) is 2.12. The van der Waals surface area contributed by atoms with Gasteiger partial charge < -0.3 is 0 Å². The van der Waals surface area contributed by atoms with Crippen molar-refractivity contribution in [2.24, 2.45) is 5.92 Å². The lowest BCUT2D eigenvalue weighted by Crippen LogP contribution is -2.57. The predicted molar refractivity (Wildman–Crippen MR) is 59.5 cm³/mol. The molecule has 0 radical (unpaired) electrons. The van der Waals surface area contributed by atoms with Gasteiger partial charge in [0.25, 0.3) is 11.3 Å². The van der Waals surface area contributed by atoms with Crippen LogP contribution in [0.5, 0.6) is 0 Å². The summed E-state index contributed by atoms with van der Waals surface area (Å²) in [6.45, 7) is 0. The van der Waals surface area contributed by atoms with Crippen LogP contribution in [0.15, 0.2) is 0 Å². The van der Waals surface area contributed by atoms with Crippen LogP contribution in [-0.4, -0.2) is 36.0 Å². The van der Waals surface area contributed by atoms with Crippen molar-refractivity contribution in [1.82, 2.24) is 0 Å². The van der Waals surface area contributed by atoms with Gasteiger partial charge in [-0.05, 0) is 12.3 Å². The molecule has 0 atom stereocenters. The molecule has 0 aromatic heterocycles. The van der Waals surface area contributed by atoms with E-state index in [0.717, 1.165) is 6.07 Å². The molecule has 0 aromatic rings. The molecular formula is C12H9F14N. The van der Waals surface area contributed by atoms with Crippen molar-refractivity contribution in [2.45, 2.75) is 61.7 Å². The molecule has 0 rings (SSSR count). The molecule has 0 unspecified atom stereocenters. The number of hydrogen-bond acceptors (Lipinski definition) is 1. The first kappa shape index (κ1) is 25.5. The second-order valence-corrected chi connectivity index (χ2v) is 5.56. The van der Waals surface area contributed by atoms with Crippen LogP contribution in [0.2, 0.25) is 0 Å². The lowest BCUT2D eigenvalue weighted by atomic mass is 9.80. The lowest BCUT2D eigenvalue weighted by molar-refractivity contribution is -0.356. The van der Waals surface area contributed by atoms with Gasteiger partial charge in [0, 0.05) is 19.3 Å². The second-order valence-electron chi connectivity index (χ2n) is 5.56. The lowest BCUT2D eigenvalue weighted by Gasteiger charge is -2.36. The monoisotopic (exact) mass is 433 g/mol. The van der Waals surface area contributed by atoms with Crippen LogP contribution in [0.3, 0.4) is 0 Å². The third kappa shape index (κ3) is 5.28. The summed E-state index contributed by atoms with van der Waals surface area (Å²) >= 11 is 0. The van der Waals surface area contributed by atoms with Gasteiger partial charge in [-0.2, -0.15) is 57.9 Å². The Kier molecular flexibility index (Phi) is 7.08. The molecule has 160 valence electrons. The Morgan fingerprint density at radius 2 is 0.815 bits per heavy atom. The molecule has 0 saturated carbocycles. The Morgan fingerprint density at radius 1 is 0.556 bits per heavy atom. The smallest absolute Gasteiger partial charge is 0.224 e. The SMILES string of the molecule is N#CCCC(CC(F)(C(F)(F)F)C(F)(F)F)CC(F)(C(F)(F)F)C(F)(F)F. The topological polar surface area (TPSA) is 23.8 Å². The molecule has 0 spiro atoms. The highest BCUT2D eigenvalue weighted by Gasteiger charge is 2.75. The van der Waals surface area contributed by atoms with Gasteiger partial charge in [0.1, 0.15) is 0 Å². The summed E-state index contributed by atoms with van der Waals surface area (Å²) in [6, 6.07) is 1.05. The van der Waals surface area contributed by atoms with Crippen molar-refractivity contribution in [2.75, 3.05) is 0 Å². The zero-order valence-corrected chi connectivity index (χ0v) is 12.6. The summed E-state index contributed by atoms with van der Waals surface area (Å²) in [5.41, 5.74) is -12.4. The summed E-state index contributed by atoms with van der Waals surface area (Å²) in [5, 5.41) is 8.22. The van der Waals surface area contributed by atoms with Gasteiger partial charge in [-0.1, -0.05) is 0 Å². The molecule has 27 heavy (non-hydrogen) atoms. The summed E-state index contributed by atoms with van der Waals surface area (Å²) < 4.78 is 177. The maximum absolute atomic E-state index is 13.6. The van der Waals surface area contributed by atoms with E-state index in [1.54, 1.807) is 0 Å². The van der Waals surface area contributed by atoms with Gasteiger partial charge in [-0.15, -0.1) is 0 Å².